The van der Waals surface area contributed by atoms with Gasteiger partial charge in [0.05, 0.1) is 10.9 Å². The fourth-order valence-electron chi connectivity index (χ4n) is 4.32. The van der Waals surface area contributed by atoms with E-state index in [1.165, 1.54) is 4.31 Å². The van der Waals surface area contributed by atoms with E-state index in [0.717, 1.165) is 11.3 Å². The highest BCUT2D eigenvalue weighted by molar-refractivity contribution is 7.89. The van der Waals surface area contributed by atoms with E-state index in [4.69, 9.17) is 4.74 Å². The molecule has 30 heavy (non-hydrogen) atoms. The van der Waals surface area contributed by atoms with Gasteiger partial charge in [-0.2, -0.15) is 4.31 Å². The Hall–Kier alpha value is -2.38. The molecular weight excluding hydrogens is 400 g/mol. The Morgan fingerprint density at radius 3 is 2.37 bits per heavy atom. The van der Waals surface area contributed by atoms with Crippen molar-refractivity contribution in [2.75, 3.05) is 13.1 Å². The number of rotatable bonds is 4. The van der Waals surface area contributed by atoms with Crippen molar-refractivity contribution in [3.8, 4) is 5.75 Å². The summed E-state index contributed by atoms with van der Waals surface area (Å²) < 4.78 is 33.1. The molecule has 1 saturated heterocycles. The summed E-state index contributed by atoms with van der Waals surface area (Å²) in [6.45, 7) is 4.75. The quantitative estimate of drug-likeness (QED) is 0.809. The highest BCUT2D eigenvalue weighted by Crippen LogP contribution is 2.39. The standard InChI is InChI=1S/C23H28N2O4S/c1-23(2)16-20(19-10-6-7-11-21(19)29-23)24-22(26)17-12-14-25(15-13-17)30(27,28)18-8-4-3-5-9-18/h3-11,17,20H,12-16H2,1-2H3,(H,24,26)/t20-/m0/s1. The van der Waals surface area contributed by atoms with Crippen LogP contribution in [-0.2, 0) is 14.8 Å². The molecular formula is C23H28N2O4S. The fraction of sp³-hybridized carbons (Fsp3) is 0.435. The molecule has 1 fully saturated rings. The number of hydrogen-bond acceptors (Lipinski definition) is 4. The van der Waals surface area contributed by atoms with Crippen molar-refractivity contribution in [2.45, 2.75) is 49.6 Å². The van der Waals surface area contributed by atoms with Crippen molar-refractivity contribution in [3.63, 3.8) is 0 Å². The van der Waals surface area contributed by atoms with E-state index in [0.29, 0.717) is 37.2 Å². The van der Waals surface area contributed by atoms with E-state index < -0.39 is 10.0 Å². The van der Waals surface area contributed by atoms with Crippen LogP contribution in [0.2, 0.25) is 0 Å². The number of carbonyl (C=O) groups excluding carboxylic acids is 1. The summed E-state index contributed by atoms with van der Waals surface area (Å²) in [4.78, 5) is 13.3. The molecule has 2 aromatic rings. The number of hydrogen-bond donors (Lipinski definition) is 1. The zero-order valence-electron chi connectivity index (χ0n) is 17.4. The molecule has 0 radical (unpaired) electrons. The first kappa shape index (κ1) is 20.9. The molecule has 2 aliphatic rings. The maximum absolute atomic E-state index is 13.0. The van der Waals surface area contributed by atoms with Crippen LogP contribution in [-0.4, -0.2) is 37.3 Å². The van der Waals surface area contributed by atoms with Crippen LogP contribution in [0.1, 0.15) is 44.7 Å². The van der Waals surface area contributed by atoms with Crippen molar-refractivity contribution < 1.29 is 17.9 Å². The molecule has 2 aliphatic heterocycles. The zero-order valence-corrected chi connectivity index (χ0v) is 18.2. The maximum Gasteiger partial charge on any atom is 0.243 e. The van der Waals surface area contributed by atoms with Crippen molar-refractivity contribution in [1.29, 1.82) is 0 Å². The molecule has 1 N–H and O–H groups in total. The van der Waals surface area contributed by atoms with Crippen LogP contribution in [0.15, 0.2) is 59.5 Å². The van der Waals surface area contributed by atoms with E-state index >= 15 is 0 Å². The topological polar surface area (TPSA) is 75.7 Å². The van der Waals surface area contributed by atoms with E-state index in [2.05, 4.69) is 5.32 Å². The van der Waals surface area contributed by atoms with Gasteiger partial charge >= 0.3 is 0 Å². The van der Waals surface area contributed by atoms with Crippen LogP contribution in [0.3, 0.4) is 0 Å². The second-order valence-corrected chi connectivity index (χ2v) is 10.6. The predicted octanol–water partition coefficient (Wildman–Crippen LogP) is 3.51. The third-order valence-electron chi connectivity index (χ3n) is 5.90. The number of benzene rings is 2. The van der Waals surface area contributed by atoms with Crippen molar-refractivity contribution >= 4 is 15.9 Å². The van der Waals surface area contributed by atoms with Crippen LogP contribution in [0.4, 0.5) is 0 Å². The van der Waals surface area contributed by atoms with E-state index in [9.17, 15) is 13.2 Å². The minimum Gasteiger partial charge on any atom is -0.487 e. The molecule has 0 bridgehead atoms. The second-order valence-electron chi connectivity index (χ2n) is 8.66. The highest BCUT2D eigenvalue weighted by atomic mass is 32.2. The first-order valence-electron chi connectivity index (χ1n) is 10.4. The Morgan fingerprint density at radius 1 is 1.03 bits per heavy atom. The molecule has 2 aromatic carbocycles. The Morgan fingerprint density at radius 2 is 1.67 bits per heavy atom. The van der Waals surface area contributed by atoms with Gasteiger partial charge < -0.3 is 10.1 Å². The minimum absolute atomic E-state index is 0.00994. The molecule has 0 saturated carbocycles. The molecule has 0 aliphatic carbocycles. The lowest BCUT2D eigenvalue weighted by Crippen LogP contribution is -2.46. The average molecular weight is 429 g/mol. The number of nitrogens with one attached hydrogen (secondary N) is 1. The molecule has 1 atom stereocenters. The molecule has 7 heteroatoms. The number of carbonyl (C=O) groups is 1. The largest absolute Gasteiger partial charge is 0.487 e. The zero-order chi connectivity index (χ0) is 21.4. The van der Waals surface area contributed by atoms with Crippen LogP contribution in [0.25, 0.3) is 0 Å². The van der Waals surface area contributed by atoms with Gasteiger partial charge in [0.2, 0.25) is 15.9 Å². The summed E-state index contributed by atoms with van der Waals surface area (Å²) in [6.07, 6.45) is 1.73. The summed E-state index contributed by atoms with van der Waals surface area (Å²) in [5.41, 5.74) is 0.633. The van der Waals surface area contributed by atoms with Gasteiger partial charge in [-0.1, -0.05) is 36.4 Å². The van der Waals surface area contributed by atoms with Gasteiger partial charge in [-0.25, -0.2) is 8.42 Å². The number of para-hydroxylation sites is 1. The Balaban J connectivity index is 1.41. The molecule has 4 rings (SSSR count). The number of ether oxygens (including phenoxy) is 1. The van der Waals surface area contributed by atoms with Gasteiger partial charge in [0, 0.05) is 31.0 Å². The lowest BCUT2D eigenvalue weighted by molar-refractivity contribution is -0.127. The minimum atomic E-state index is -3.51. The Bertz CT molecular complexity index is 1010. The number of nitrogens with zero attached hydrogens (tertiary/aromatic N) is 1. The number of sulfonamides is 1. The third kappa shape index (κ3) is 4.23. The van der Waals surface area contributed by atoms with Crippen molar-refractivity contribution in [3.05, 3.63) is 60.2 Å². The SMILES string of the molecule is CC1(C)C[C@H](NC(=O)C2CCN(S(=O)(=O)c3ccccc3)CC2)c2ccccc2O1. The van der Waals surface area contributed by atoms with E-state index in [1.54, 1.807) is 30.3 Å². The van der Waals surface area contributed by atoms with E-state index in [1.807, 2.05) is 38.1 Å². The number of fused-ring (bicyclic) bond motifs is 1. The second kappa shape index (κ2) is 8.04. The Kier molecular flexibility index (Phi) is 5.59. The first-order chi connectivity index (χ1) is 14.3. The molecule has 0 aromatic heterocycles. The summed E-state index contributed by atoms with van der Waals surface area (Å²) in [7, 11) is -3.51. The molecule has 160 valence electrons. The smallest absolute Gasteiger partial charge is 0.243 e. The maximum atomic E-state index is 13.0. The average Bonchev–Trinajstić information content (AvgIpc) is 2.73. The summed E-state index contributed by atoms with van der Waals surface area (Å²) in [5, 5.41) is 3.20. The fourth-order valence-corrected chi connectivity index (χ4v) is 5.81. The number of amides is 1. The summed E-state index contributed by atoms with van der Waals surface area (Å²) in [5.74, 6) is 0.609. The molecule has 0 spiro atoms. The Labute approximate surface area is 178 Å². The van der Waals surface area contributed by atoms with E-state index in [-0.39, 0.29) is 23.5 Å². The first-order valence-corrected chi connectivity index (χ1v) is 11.8. The normalized spacial score (nSPS) is 22.0. The highest BCUT2D eigenvalue weighted by Gasteiger charge is 2.37. The number of piperidine rings is 1. The van der Waals surface area contributed by atoms with Gasteiger partial charge in [0.1, 0.15) is 11.4 Å². The molecule has 1 amide bonds. The van der Waals surface area contributed by atoms with Crippen LogP contribution in [0.5, 0.6) is 5.75 Å². The molecule has 0 unspecified atom stereocenters. The monoisotopic (exact) mass is 428 g/mol. The lowest BCUT2D eigenvalue weighted by Gasteiger charge is -2.39. The van der Waals surface area contributed by atoms with Crippen molar-refractivity contribution in [1.82, 2.24) is 9.62 Å². The lowest BCUT2D eigenvalue weighted by atomic mass is 9.88. The molecule has 6 nitrogen and oxygen atoms in total. The summed E-state index contributed by atoms with van der Waals surface area (Å²) >= 11 is 0. The van der Waals surface area contributed by atoms with Crippen LogP contribution >= 0.6 is 0 Å². The van der Waals surface area contributed by atoms with Crippen LogP contribution in [0, 0.1) is 5.92 Å². The predicted molar refractivity (Wildman–Crippen MR) is 115 cm³/mol. The van der Waals surface area contributed by atoms with Crippen LogP contribution < -0.4 is 10.1 Å². The van der Waals surface area contributed by atoms with Gasteiger partial charge in [0.15, 0.2) is 0 Å². The molecule has 2 heterocycles. The summed E-state index contributed by atoms with van der Waals surface area (Å²) in [6, 6.07) is 16.2. The van der Waals surface area contributed by atoms with Gasteiger partial charge in [0.25, 0.3) is 0 Å². The van der Waals surface area contributed by atoms with Gasteiger partial charge in [-0.05, 0) is 44.9 Å². The van der Waals surface area contributed by atoms with Gasteiger partial charge in [-0.15, -0.1) is 0 Å². The van der Waals surface area contributed by atoms with Gasteiger partial charge in [-0.3, -0.25) is 4.79 Å². The third-order valence-corrected chi connectivity index (χ3v) is 7.81. The van der Waals surface area contributed by atoms with Crippen molar-refractivity contribution in [2.24, 2.45) is 5.92 Å².